The van der Waals surface area contributed by atoms with Crippen molar-refractivity contribution in [3.8, 4) is 5.75 Å². The van der Waals surface area contributed by atoms with Crippen molar-refractivity contribution in [1.29, 1.82) is 0 Å². The van der Waals surface area contributed by atoms with Crippen LogP contribution in [0.5, 0.6) is 5.75 Å². The minimum atomic E-state index is -0.818. The molecule has 0 aliphatic carbocycles. The van der Waals surface area contributed by atoms with E-state index in [4.69, 9.17) is 10.5 Å². The van der Waals surface area contributed by atoms with Crippen molar-refractivity contribution in [2.75, 3.05) is 33.3 Å². The van der Waals surface area contributed by atoms with Crippen molar-refractivity contribution < 1.29 is 19.1 Å². The fourth-order valence-corrected chi connectivity index (χ4v) is 4.01. The van der Waals surface area contributed by atoms with Gasteiger partial charge in [-0.2, -0.15) is 0 Å². The molecule has 33 heavy (non-hydrogen) atoms. The average Bonchev–Trinajstić information content (AvgIpc) is 3.27. The Balaban J connectivity index is 1.77. The van der Waals surface area contributed by atoms with E-state index >= 15 is 0 Å². The molecule has 2 aliphatic heterocycles. The topological polar surface area (TPSA) is 130 Å². The van der Waals surface area contributed by atoms with Gasteiger partial charge < -0.3 is 20.3 Å². The van der Waals surface area contributed by atoms with Crippen LogP contribution < -0.4 is 15.8 Å². The smallest absolute Gasteiger partial charge is 0.319 e. The third-order valence-electron chi connectivity index (χ3n) is 5.78. The van der Waals surface area contributed by atoms with Crippen LogP contribution >= 0.6 is 0 Å². The number of amides is 4. The molecule has 1 unspecified atom stereocenters. The lowest BCUT2D eigenvalue weighted by molar-refractivity contribution is -0.140. The summed E-state index contributed by atoms with van der Waals surface area (Å²) in [7, 11) is 1.53. The molecule has 1 aromatic carbocycles. The van der Waals surface area contributed by atoms with Crippen LogP contribution in [0, 0.1) is 12.8 Å². The quantitative estimate of drug-likeness (QED) is 0.518. The van der Waals surface area contributed by atoms with Crippen LogP contribution in [0.1, 0.15) is 37.7 Å². The van der Waals surface area contributed by atoms with Crippen molar-refractivity contribution in [2.45, 2.75) is 39.0 Å². The lowest BCUT2D eigenvalue weighted by Crippen LogP contribution is -2.44. The SMILES string of the molecule is COc1cc(C)ccc1N=C(/N=C\C1CCCCN(CC(=O)N2CCCC2)C1=O)NC(N)=O. The molecule has 3 rings (SSSR count). The second-order valence-corrected chi connectivity index (χ2v) is 8.33. The number of aliphatic imine (C=N–C) groups is 2. The average molecular weight is 457 g/mol. The highest BCUT2D eigenvalue weighted by Crippen LogP contribution is 2.28. The van der Waals surface area contributed by atoms with Crippen LogP contribution in [0.25, 0.3) is 0 Å². The van der Waals surface area contributed by atoms with Crippen LogP contribution in [0.4, 0.5) is 10.5 Å². The standard InChI is InChI=1S/C23H32N6O4/c1-16-8-9-18(19(13-16)33-2)26-23(27-22(24)32)25-14-17-7-3-4-12-29(21(17)31)15-20(30)28-10-5-6-11-28/h8-9,13-14,17H,3-7,10-12,15H2,1-2H3,(H3,24,26,27,32)/b25-14-. The first-order valence-electron chi connectivity index (χ1n) is 11.3. The Kier molecular flexibility index (Phi) is 8.39. The molecular formula is C23H32N6O4. The summed E-state index contributed by atoms with van der Waals surface area (Å²) >= 11 is 0. The Morgan fingerprint density at radius 2 is 1.94 bits per heavy atom. The number of nitrogens with two attached hydrogens (primary N) is 1. The molecule has 2 fully saturated rings. The Bertz CT molecular complexity index is 939. The van der Waals surface area contributed by atoms with Crippen molar-refractivity contribution in [2.24, 2.45) is 21.6 Å². The maximum atomic E-state index is 13.1. The van der Waals surface area contributed by atoms with Crippen LogP contribution in [-0.4, -0.2) is 73.1 Å². The van der Waals surface area contributed by atoms with E-state index in [9.17, 15) is 14.4 Å². The number of hydrogen-bond donors (Lipinski definition) is 2. The van der Waals surface area contributed by atoms with E-state index in [0.29, 0.717) is 24.4 Å². The Morgan fingerprint density at radius 3 is 2.64 bits per heavy atom. The zero-order valence-electron chi connectivity index (χ0n) is 19.2. The molecule has 10 nitrogen and oxygen atoms in total. The fourth-order valence-electron chi connectivity index (χ4n) is 4.01. The molecule has 0 spiro atoms. The van der Waals surface area contributed by atoms with Gasteiger partial charge in [0.1, 0.15) is 11.4 Å². The van der Waals surface area contributed by atoms with Crippen molar-refractivity contribution in [1.82, 2.24) is 15.1 Å². The Morgan fingerprint density at radius 1 is 1.21 bits per heavy atom. The van der Waals surface area contributed by atoms with Gasteiger partial charge in [0, 0.05) is 25.8 Å². The summed E-state index contributed by atoms with van der Waals surface area (Å²) in [6, 6.07) is 4.60. The second-order valence-electron chi connectivity index (χ2n) is 8.33. The molecule has 2 heterocycles. The largest absolute Gasteiger partial charge is 0.494 e. The van der Waals surface area contributed by atoms with E-state index in [-0.39, 0.29) is 24.3 Å². The fraction of sp³-hybridized carbons (Fsp3) is 0.522. The van der Waals surface area contributed by atoms with Crippen LogP contribution in [0.3, 0.4) is 0 Å². The van der Waals surface area contributed by atoms with E-state index < -0.39 is 11.9 Å². The lowest BCUT2D eigenvalue weighted by Gasteiger charge is -2.25. The number of nitrogens with zero attached hydrogens (tertiary/aromatic N) is 4. The van der Waals surface area contributed by atoms with Gasteiger partial charge in [-0.1, -0.05) is 12.5 Å². The number of rotatable bonds is 5. The van der Waals surface area contributed by atoms with Crippen molar-refractivity contribution in [3.63, 3.8) is 0 Å². The Hall–Kier alpha value is -3.43. The minimum absolute atomic E-state index is 0.0115. The number of nitrogens with one attached hydrogen (secondary N) is 1. The summed E-state index contributed by atoms with van der Waals surface area (Å²) in [5.41, 5.74) is 6.74. The summed E-state index contributed by atoms with van der Waals surface area (Å²) in [6.07, 6.45) is 5.76. The summed E-state index contributed by atoms with van der Waals surface area (Å²) in [6.45, 7) is 4.07. The summed E-state index contributed by atoms with van der Waals surface area (Å²) in [5.74, 6) is -0.191. The third-order valence-corrected chi connectivity index (χ3v) is 5.78. The highest BCUT2D eigenvalue weighted by Gasteiger charge is 2.29. The number of guanidine groups is 1. The molecule has 178 valence electrons. The normalized spacial score (nSPS) is 19.6. The number of ether oxygens (including phenoxy) is 1. The predicted molar refractivity (Wildman–Crippen MR) is 126 cm³/mol. The van der Waals surface area contributed by atoms with Crippen molar-refractivity contribution >= 4 is 35.7 Å². The van der Waals surface area contributed by atoms with Gasteiger partial charge in [-0.15, -0.1) is 0 Å². The minimum Gasteiger partial charge on any atom is -0.494 e. The molecule has 0 saturated carbocycles. The van der Waals surface area contributed by atoms with Gasteiger partial charge in [0.05, 0.1) is 19.6 Å². The number of aryl methyl sites for hydroxylation is 1. The molecule has 10 heteroatoms. The molecule has 0 bridgehead atoms. The summed E-state index contributed by atoms with van der Waals surface area (Å²) in [5, 5.41) is 2.39. The van der Waals surface area contributed by atoms with E-state index in [1.807, 2.05) is 24.0 Å². The number of urea groups is 1. The second kappa shape index (κ2) is 11.4. The zero-order valence-corrected chi connectivity index (χ0v) is 19.2. The van der Waals surface area contributed by atoms with Crippen LogP contribution in [-0.2, 0) is 9.59 Å². The van der Waals surface area contributed by atoms with Gasteiger partial charge in [-0.25, -0.2) is 14.8 Å². The predicted octanol–water partition coefficient (Wildman–Crippen LogP) is 1.98. The van der Waals surface area contributed by atoms with Crippen LogP contribution in [0.2, 0.25) is 0 Å². The molecule has 0 aromatic heterocycles. The number of carbonyl (C=O) groups is 3. The maximum absolute atomic E-state index is 13.1. The van der Waals surface area contributed by atoms with Gasteiger partial charge in [0.25, 0.3) is 0 Å². The van der Waals surface area contributed by atoms with E-state index in [1.54, 1.807) is 11.0 Å². The summed E-state index contributed by atoms with van der Waals surface area (Å²) in [4.78, 5) is 49.2. The molecule has 4 amide bonds. The highest BCUT2D eigenvalue weighted by molar-refractivity contribution is 6.04. The molecule has 0 radical (unpaired) electrons. The molecule has 1 aromatic rings. The number of primary amides is 1. The number of hydrogen-bond acceptors (Lipinski definition) is 5. The zero-order chi connectivity index (χ0) is 23.8. The first kappa shape index (κ1) is 24.2. The summed E-state index contributed by atoms with van der Waals surface area (Å²) < 4.78 is 5.35. The number of methoxy groups -OCH3 is 1. The first-order valence-corrected chi connectivity index (χ1v) is 11.3. The van der Waals surface area contributed by atoms with Gasteiger partial charge in [-0.05, 0) is 50.3 Å². The Labute approximate surface area is 193 Å². The molecule has 3 N–H and O–H groups in total. The molecule has 2 aliphatic rings. The van der Waals surface area contributed by atoms with Crippen molar-refractivity contribution in [3.05, 3.63) is 23.8 Å². The van der Waals surface area contributed by atoms with Gasteiger partial charge >= 0.3 is 6.03 Å². The third kappa shape index (κ3) is 6.77. The highest BCUT2D eigenvalue weighted by atomic mass is 16.5. The van der Waals surface area contributed by atoms with E-state index in [1.165, 1.54) is 13.3 Å². The van der Waals surface area contributed by atoms with E-state index in [2.05, 4.69) is 15.3 Å². The lowest BCUT2D eigenvalue weighted by atomic mass is 10.0. The number of likely N-dealkylation sites (tertiary alicyclic amines) is 2. The number of benzene rings is 1. The monoisotopic (exact) mass is 456 g/mol. The maximum Gasteiger partial charge on any atom is 0.319 e. The molecular weight excluding hydrogens is 424 g/mol. The van der Waals surface area contributed by atoms with E-state index in [0.717, 1.165) is 44.3 Å². The molecule has 1 atom stereocenters. The number of carbonyl (C=O) groups excluding carboxylic acids is 3. The van der Waals surface area contributed by atoms with Gasteiger partial charge in [0.2, 0.25) is 17.8 Å². The molecule has 2 saturated heterocycles. The van der Waals surface area contributed by atoms with Gasteiger partial charge in [-0.3, -0.25) is 14.9 Å². The van der Waals surface area contributed by atoms with Crippen LogP contribution in [0.15, 0.2) is 28.2 Å². The van der Waals surface area contributed by atoms with Gasteiger partial charge in [0.15, 0.2) is 0 Å². The first-order chi connectivity index (χ1) is 15.9.